The van der Waals surface area contributed by atoms with Gasteiger partial charge in [0.05, 0.1) is 12.7 Å². The van der Waals surface area contributed by atoms with E-state index >= 15 is 0 Å². The van der Waals surface area contributed by atoms with Crippen molar-refractivity contribution in [3.8, 4) is 0 Å². The Balaban J connectivity index is 1.53. The molecule has 1 atom stereocenters. The standard InChI is InChI=1S/C20H31N3O2/c1-22-13-14-25-19(16-22)15-21-20(24)23(18-9-5-6-10-18)12-11-17-7-3-2-4-8-17/h2-4,7-8,18-19H,5-6,9-16H2,1H3,(H,21,24)/t19-/m0/s1. The Bertz CT molecular complexity index is 531. The average Bonchev–Trinajstić information content (AvgIpc) is 3.15. The molecule has 1 saturated carbocycles. The van der Waals surface area contributed by atoms with Crippen LogP contribution in [0.25, 0.3) is 0 Å². The first kappa shape index (κ1) is 18.2. The molecule has 2 amide bonds. The monoisotopic (exact) mass is 345 g/mol. The lowest BCUT2D eigenvalue weighted by Gasteiger charge is -2.32. The summed E-state index contributed by atoms with van der Waals surface area (Å²) in [4.78, 5) is 17.1. The number of morpholine rings is 1. The second kappa shape index (κ2) is 9.20. The quantitative estimate of drug-likeness (QED) is 0.862. The van der Waals surface area contributed by atoms with Crippen LogP contribution in [0.15, 0.2) is 30.3 Å². The third kappa shape index (κ3) is 5.44. The number of rotatable bonds is 6. The van der Waals surface area contributed by atoms with E-state index in [0.717, 1.165) is 45.5 Å². The fraction of sp³-hybridized carbons (Fsp3) is 0.650. The molecular formula is C20H31N3O2. The van der Waals surface area contributed by atoms with Crippen LogP contribution in [0.1, 0.15) is 31.2 Å². The minimum atomic E-state index is 0.0691. The van der Waals surface area contributed by atoms with Crippen molar-refractivity contribution in [2.45, 2.75) is 44.2 Å². The first-order chi connectivity index (χ1) is 12.2. The lowest BCUT2D eigenvalue weighted by atomic mass is 10.1. The first-order valence-electron chi connectivity index (χ1n) is 9.61. The summed E-state index contributed by atoms with van der Waals surface area (Å²) in [6.45, 7) is 3.98. The van der Waals surface area contributed by atoms with Crippen LogP contribution in [0, 0.1) is 0 Å². The second-order valence-corrected chi connectivity index (χ2v) is 7.31. The molecule has 0 spiro atoms. The van der Waals surface area contributed by atoms with Gasteiger partial charge in [0.1, 0.15) is 0 Å². The van der Waals surface area contributed by atoms with E-state index in [2.05, 4.69) is 46.4 Å². The molecule has 1 heterocycles. The SMILES string of the molecule is CN1CCO[C@@H](CNC(=O)N(CCc2ccccc2)C2CCCC2)C1. The Morgan fingerprint density at radius 1 is 1.28 bits per heavy atom. The Morgan fingerprint density at radius 2 is 2.04 bits per heavy atom. The van der Waals surface area contributed by atoms with Crippen molar-refractivity contribution in [2.75, 3.05) is 39.8 Å². The molecule has 0 bridgehead atoms. The molecule has 5 nitrogen and oxygen atoms in total. The van der Waals surface area contributed by atoms with E-state index in [1.54, 1.807) is 0 Å². The Hall–Kier alpha value is -1.59. The van der Waals surface area contributed by atoms with E-state index in [0.29, 0.717) is 12.6 Å². The number of hydrogen-bond acceptors (Lipinski definition) is 3. The van der Waals surface area contributed by atoms with Crippen molar-refractivity contribution in [2.24, 2.45) is 0 Å². The molecule has 1 aromatic rings. The zero-order chi connectivity index (χ0) is 17.5. The maximum atomic E-state index is 12.8. The number of likely N-dealkylation sites (N-methyl/N-ethyl adjacent to an activating group) is 1. The first-order valence-corrected chi connectivity index (χ1v) is 9.61. The number of carbonyl (C=O) groups excluding carboxylic acids is 1. The summed E-state index contributed by atoms with van der Waals surface area (Å²) in [6.07, 6.45) is 5.73. The molecule has 1 saturated heterocycles. The molecule has 1 N–H and O–H groups in total. The summed E-state index contributed by atoms with van der Waals surface area (Å²) in [5.74, 6) is 0. The molecule has 1 aliphatic carbocycles. The van der Waals surface area contributed by atoms with Gasteiger partial charge in [0.15, 0.2) is 0 Å². The molecule has 2 aliphatic rings. The van der Waals surface area contributed by atoms with Crippen LogP contribution in [-0.4, -0.2) is 67.8 Å². The summed E-state index contributed by atoms with van der Waals surface area (Å²) in [6, 6.07) is 10.9. The third-order valence-corrected chi connectivity index (χ3v) is 5.33. The number of benzene rings is 1. The summed E-state index contributed by atoms with van der Waals surface area (Å²) in [5.41, 5.74) is 1.29. The normalized spacial score (nSPS) is 22.0. The number of carbonyl (C=O) groups is 1. The van der Waals surface area contributed by atoms with Gasteiger partial charge in [-0.3, -0.25) is 0 Å². The number of nitrogens with one attached hydrogen (secondary N) is 1. The van der Waals surface area contributed by atoms with E-state index < -0.39 is 0 Å². The van der Waals surface area contributed by atoms with Crippen molar-refractivity contribution < 1.29 is 9.53 Å². The van der Waals surface area contributed by atoms with Gasteiger partial charge in [-0.15, -0.1) is 0 Å². The lowest BCUT2D eigenvalue weighted by molar-refractivity contribution is -0.0174. The van der Waals surface area contributed by atoms with Gasteiger partial charge in [-0.1, -0.05) is 43.2 Å². The number of nitrogens with zero attached hydrogens (tertiary/aromatic N) is 2. The number of urea groups is 1. The van der Waals surface area contributed by atoms with Crippen molar-refractivity contribution >= 4 is 6.03 Å². The van der Waals surface area contributed by atoms with Crippen LogP contribution < -0.4 is 5.32 Å². The summed E-state index contributed by atoms with van der Waals surface area (Å²) >= 11 is 0. The highest BCUT2D eigenvalue weighted by Crippen LogP contribution is 2.24. The van der Waals surface area contributed by atoms with Gasteiger partial charge in [-0.2, -0.15) is 0 Å². The van der Waals surface area contributed by atoms with E-state index in [1.807, 2.05) is 6.07 Å². The molecule has 0 unspecified atom stereocenters. The minimum absolute atomic E-state index is 0.0691. The van der Waals surface area contributed by atoms with E-state index in [9.17, 15) is 4.79 Å². The molecule has 2 fully saturated rings. The average molecular weight is 345 g/mol. The van der Waals surface area contributed by atoms with Crippen LogP contribution in [0.4, 0.5) is 4.79 Å². The highest BCUT2D eigenvalue weighted by atomic mass is 16.5. The van der Waals surface area contributed by atoms with Crippen LogP contribution in [-0.2, 0) is 11.2 Å². The molecule has 0 radical (unpaired) electrons. The van der Waals surface area contributed by atoms with E-state index in [-0.39, 0.29) is 12.1 Å². The highest BCUT2D eigenvalue weighted by molar-refractivity contribution is 5.74. The van der Waals surface area contributed by atoms with Gasteiger partial charge in [0.25, 0.3) is 0 Å². The fourth-order valence-electron chi connectivity index (χ4n) is 3.85. The molecule has 138 valence electrons. The molecule has 25 heavy (non-hydrogen) atoms. The summed E-state index contributed by atoms with van der Waals surface area (Å²) in [5, 5.41) is 3.12. The largest absolute Gasteiger partial charge is 0.374 e. The van der Waals surface area contributed by atoms with Crippen LogP contribution >= 0.6 is 0 Å². The predicted molar refractivity (Wildman–Crippen MR) is 99.7 cm³/mol. The summed E-state index contributed by atoms with van der Waals surface area (Å²) < 4.78 is 5.76. The van der Waals surface area contributed by atoms with Gasteiger partial charge in [-0.25, -0.2) is 4.79 Å². The zero-order valence-electron chi connectivity index (χ0n) is 15.3. The fourth-order valence-corrected chi connectivity index (χ4v) is 3.85. The van der Waals surface area contributed by atoms with Crippen molar-refractivity contribution in [3.63, 3.8) is 0 Å². The van der Waals surface area contributed by atoms with Gasteiger partial charge < -0.3 is 19.9 Å². The van der Waals surface area contributed by atoms with Gasteiger partial charge in [0, 0.05) is 32.2 Å². The Morgan fingerprint density at radius 3 is 2.76 bits per heavy atom. The van der Waals surface area contributed by atoms with Crippen LogP contribution in [0.2, 0.25) is 0 Å². The number of hydrogen-bond donors (Lipinski definition) is 1. The topological polar surface area (TPSA) is 44.8 Å². The van der Waals surface area contributed by atoms with Gasteiger partial charge in [-0.05, 0) is 31.9 Å². The maximum Gasteiger partial charge on any atom is 0.317 e. The van der Waals surface area contributed by atoms with Crippen molar-refractivity contribution in [3.05, 3.63) is 35.9 Å². The van der Waals surface area contributed by atoms with Crippen molar-refractivity contribution in [1.29, 1.82) is 0 Å². The minimum Gasteiger partial charge on any atom is -0.374 e. The Labute approximate surface area is 151 Å². The molecular weight excluding hydrogens is 314 g/mol. The molecule has 0 aromatic heterocycles. The molecule has 1 aromatic carbocycles. The zero-order valence-corrected chi connectivity index (χ0v) is 15.3. The Kier molecular flexibility index (Phi) is 6.70. The van der Waals surface area contributed by atoms with Crippen LogP contribution in [0.5, 0.6) is 0 Å². The predicted octanol–water partition coefficient (Wildman–Crippen LogP) is 2.51. The molecule has 3 rings (SSSR count). The second-order valence-electron chi connectivity index (χ2n) is 7.31. The lowest BCUT2D eigenvalue weighted by Crippen LogP contribution is -2.51. The van der Waals surface area contributed by atoms with Crippen LogP contribution in [0.3, 0.4) is 0 Å². The highest BCUT2D eigenvalue weighted by Gasteiger charge is 2.27. The maximum absolute atomic E-state index is 12.8. The number of ether oxygens (including phenoxy) is 1. The van der Waals surface area contributed by atoms with Crippen molar-refractivity contribution in [1.82, 2.24) is 15.1 Å². The van der Waals surface area contributed by atoms with E-state index in [1.165, 1.54) is 18.4 Å². The van der Waals surface area contributed by atoms with E-state index in [4.69, 9.17) is 4.74 Å². The molecule has 1 aliphatic heterocycles. The summed E-state index contributed by atoms with van der Waals surface area (Å²) in [7, 11) is 2.10. The smallest absolute Gasteiger partial charge is 0.317 e. The molecule has 5 heteroatoms. The van der Waals surface area contributed by atoms with Gasteiger partial charge in [0.2, 0.25) is 0 Å². The third-order valence-electron chi connectivity index (χ3n) is 5.33. The van der Waals surface area contributed by atoms with Gasteiger partial charge >= 0.3 is 6.03 Å². The number of amides is 2.